The number of ether oxygens (including phenoxy) is 1. The Labute approximate surface area is 233 Å². The number of nitrogens with zero attached hydrogens (tertiary/aromatic N) is 4. The monoisotopic (exact) mass is 571 g/mol. The largest absolute Gasteiger partial charge is 0.480 e. The summed E-state index contributed by atoms with van der Waals surface area (Å²) in [7, 11) is -2.85. The Balaban J connectivity index is 1.54. The molecule has 13 heteroatoms. The Kier molecular flexibility index (Phi) is 8.17. The summed E-state index contributed by atoms with van der Waals surface area (Å²) in [4.78, 5) is 44.5. The van der Waals surface area contributed by atoms with Gasteiger partial charge >= 0.3 is 12.1 Å². The van der Waals surface area contributed by atoms with E-state index in [4.69, 9.17) is 9.84 Å². The van der Waals surface area contributed by atoms with Crippen LogP contribution in [-0.4, -0.2) is 92.3 Å². The number of sulfonamides is 1. The van der Waals surface area contributed by atoms with E-state index in [2.05, 4.69) is 15.2 Å². The second kappa shape index (κ2) is 11.3. The normalized spacial score (nSPS) is 17.7. The van der Waals surface area contributed by atoms with Crippen LogP contribution in [0.1, 0.15) is 32.3 Å². The van der Waals surface area contributed by atoms with Gasteiger partial charge in [0.05, 0.1) is 10.6 Å². The summed E-state index contributed by atoms with van der Waals surface area (Å²) in [6.07, 6.45) is 1.12. The molecule has 2 aliphatic rings. The van der Waals surface area contributed by atoms with Gasteiger partial charge in [0.15, 0.2) is 0 Å². The number of anilines is 2. The van der Waals surface area contributed by atoms with Crippen LogP contribution in [0.4, 0.5) is 21.9 Å². The molecule has 1 unspecified atom stereocenters. The maximum atomic E-state index is 12.9. The van der Waals surface area contributed by atoms with Crippen LogP contribution in [0.15, 0.2) is 52.4 Å². The number of carbonyl (C=O) groups excluding carboxylic acids is 2. The minimum Gasteiger partial charge on any atom is -0.480 e. The predicted octanol–water partition coefficient (Wildman–Crippen LogP) is 2.89. The lowest BCUT2D eigenvalue weighted by Crippen LogP contribution is -2.50. The average molecular weight is 572 g/mol. The van der Waals surface area contributed by atoms with Gasteiger partial charge in [0.1, 0.15) is 18.1 Å². The van der Waals surface area contributed by atoms with E-state index in [-0.39, 0.29) is 16.9 Å². The molecule has 4 rings (SSSR count). The zero-order chi connectivity index (χ0) is 29.2. The average Bonchev–Trinajstić information content (AvgIpc) is 3.21. The number of rotatable bonds is 7. The number of piperazine rings is 1. The van der Waals surface area contributed by atoms with Gasteiger partial charge in [-0.3, -0.25) is 14.6 Å². The first-order valence-corrected chi connectivity index (χ1v) is 14.2. The van der Waals surface area contributed by atoms with Gasteiger partial charge in [0.2, 0.25) is 15.9 Å². The molecule has 0 spiro atoms. The number of hydrogen-bond donors (Lipinski definition) is 2. The van der Waals surface area contributed by atoms with Gasteiger partial charge in [0.25, 0.3) is 0 Å². The van der Waals surface area contributed by atoms with E-state index in [9.17, 15) is 22.8 Å². The quantitative estimate of drug-likeness (QED) is 0.482. The summed E-state index contributed by atoms with van der Waals surface area (Å²) in [5.41, 5.74) is 2.00. The zero-order valence-electron chi connectivity index (χ0n) is 22.8. The number of likely N-dealkylation sites (N-methyl/N-ethyl adjacent to an activating group) is 1. The molecule has 2 amide bonds. The highest BCUT2D eigenvalue weighted by atomic mass is 32.2. The maximum absolute atomic E-state index is 12.9. The number of aliphatic imine (C=N–C) groups is 1. The third-order valence-corrected chi connectivity index (χ3v) is 8.26. The fraction of sp³-hybridized carbons (Fsp3) is 0.407. The van der Waals surface area contributed by atoms with Crippen LogP contribution in [0.5, 0.6) is 0 Å². The first kappa shape index (κ1) is 29.0. The van der Waals surface area contributed by atoms with Gasteiger partial charge in [-0.15, -0.1) is 0 Å². The Morgan fingerprint density at radius 3 is 2.48 bits per heavy atom. The van der Waals surface area contributed by atoms with E-state index in [0.29, 0.717) is 37.6 Å². The molecule has 40 heavy (non-hydrogen) atoms. The van der Waals surface area contributed by atoms with Gasteiger partial charge in [-0.05, 0) is 51.1 Å². The number of carboxylic acids is 1. The molecular formula is C27H33N5O7S. The van der Waals surface area contributed by atoms with Crippen molar-refractivity contribution in [2.45, 2.75) is 37.2 Å². The molecule has 1 atom stereocenters. The maximum Gasteiger partial charge on any atom is 0.410 e. The van der Waals surface area contributed by atoms with Crippen LogP contribution < -0.4 is 10.2 Å². The molecule has 0 saturated carbocycles. The summed E-state index contributed by atoms with van der Waals surface area (Å²) < 4.78 is 31.7. The number of carboxylic acid groups (broad SMARTS) is 1. The second-order valence-corrected chi connectivity index (χ2v) is 12.6. The molecule has 0 aliphatic carbocycles. The van der Waals surface area contributed by atoms with Crippen LogP contribution in [0.25, 0.3) is 0 Å². The van der Waals surface area contributed by atoms with E-state index in [0.717, 1.165) is 15.6 Å². The number of benzene rings is 2. The lowest BCUT2D eigenvalue weighted by molar-refractivity contribution is -0.137. The summed E-state index contributed by atoms with van der Waals surface area (Å²) in [6.45, 7) is 6.85. The number of nitrogens with one attached hydrogen (secondary N) is 1. The van der Waals surface area contributed by atoms with Crippen LogP contribution in [0.2, 0.25) is 0 Å². The molecule has 1 fully saturated rings. The van der Waals surface area contributed by atoms with Crippen molar-refractivity contribution < 1.29 is 32.6 Å². The van der Waals surface area contributed by atoms with Gasteiger partial charge in [0, 0.05) is 56.4 Å². The van der Waals surface area contributed by atoms with E-state index < -0.39 is 34.1 Å². The van der Waals surface area contributed by atoms with E-state index >= 15 is 0 Å². The van der Waals surface area contributed by atoms with Crippen molar-refractivity contribution in [1.29, 1.82) is 0 Å². The molecule has 0 aromatic heterocycles. The van der Waals surface area contributed by atoms with Gasteiger partial charge < -0.3 is 25.0 Å². The van der Waals surface area contributed by atoms with Crippen LogP contribution in [-0.2, 0) is 24.3 Å². The van der Waals surface area contributed by atoms with Crippen molar-refractivity contribution in [3.8, 4) is 0 Å². The minimum atomic E-state index is -4.04. The first-order chi connectivity index (χ1) is 18.8. The fourth-order valence-electron chi connectivity index (χ4n) is 4.55. The Morgan fingerprint density at radius 1 is 1.15 bits per heavy atom. The first-order valence-electron chi connectivity index (χ1n) is 12.8. The Hall–Kier alpha value is -3.97. The van der Waals surface area contributed by atoms with Crippen molar-refractivity contribution in [1.82, 2.24) is 9.21 Å². The minimum absolute atomic E-state index is 0.106. The number of hydrogen-bond acceptors (Lipinski definition) is 8. The zero-order valence-corrected chi connectivity index (χ0v) is 23.6. The fourth-order valence-corrected chi connectivity index (χ4v) is 5.71. The summed E-state index contributed by atoms with van der Waals surface area (Å²) in [5, 5.41) is 11.8. The lowest BCUT2D eigenvalue weighted by Gasteiger charge is -2.37. The Bertz CT molecular complexity index is 1440. The summed E-state index contributed by atoms with van der Waals surface area (Å²) in [5.74, 6) is -2.25. The van der Waals surface area contributed by atoms with Crippen molar-refractivity contribution >= 4 is 51.3 Å². The number of aliphatic carboxylic acids is 1. The number of carbonyl (C=O) groups is 3. The van der Waals surface area contributed by atoms with Crippen molar-refractivity contribution in [2.24, 2.45) is 4.99 Å². The molecule has 0 bridgehead atoms. The van der Waals surface area contributed by atoms with E-state index in [1.54, 1.807) is 11.0 Å². The van der Waals surface area contributed by atoms with E-state index in [1.165, 1.54) is 31.5 Å². The summed E-state index contributed by atoms with van der Waals surface area (Å²) >= 11 is 0. The third kappa shape index (κ3) is 6.42. The topological polar surface area (TPSA) is 149 Å². The SMILES string of the molecule is CN(CC(=O)O)S(=O)(=O)c1cccc(N=CC2C(=O)Nc3cccc(N4CCN(C(=O)OC(C)(C)C)CC4)c32)c1. The molecule has 2 heterocycles. The molecule has 2 aromatic rings. The van der Waals surface area contributed by atoms with Crippen molar-refractivity contribution in [3.05, 3.63) is 48.0 Å². The lowest BCUT2D eigenvalue weighted by atomic mass is 9.98. The standard InChI is InChI=1S/C27H33N5O7S/c1-27(2,3)39-26(36)32-13-11-31(12-14-32)22-10-6-9-21-24(22)20(25(35)29-21)16-28-18-7-5-8-19(15-18)40(37,38)30(4)17-23(33)34/h5-10,15-16,20H,11-14,17H2,1-4H3,(H,29,35)(H,33,34). The smallest absolute Gasteiger partial charge is 0.410 e. The highest BCUT2D eigenvalue weighted by Crippen LogP contribution is 2.39. The molecule has 2 N–H and O–H groups in total. The van der Waals surface area contributed by atoms with Crippen LogP contribution in [0.3, 0.4) is 0 Å². The molecule has 2 aromatic carbocycles. The third-order valence-electron chi connectivity index (χ3n) is 6.46. The van der Waals surface area contributed by atoms with Gasteiger partial charge in [-0.1, -0.05) is 12.1 Å². The van der Waals surface area contributed by atoms with Gasteiger partial charge in [-0.25, -0.2) is 13.2 Å². The molecule has 1 saturated heterocycles. The highest BCUT2D eigenvalue weighted by molar-refractivity contribution is 7.89. The van der Waals surface area contributed by atoms with Crippen molar-refractivity contribution in [2.75, 3.05) is 50.0 Å². The van der Waals surface area contributed by atoms with Crippen LogP contribution >= 0.6 is 0 Å². The molecular weight excluding hydrogens is 538 g/mol. The number of amides is 2. The van der Waals surface area contributed by atoms with Crippen LogP contribution in [0, 0.1) is 0 Å². The van der Waals surface area contributed by atoms with E-state index in [1.807, 2.05) is 39.0 Å². The highest BCUT2D eigenvalue weighted by Gasteiger charge is 2.34. The molecule has 12 nitrogen and oxygen atoms in total. The predicted molar refractivity (Wildman–Crippen MR) is 150 cm³/mol. The second-order valence-electron chi connectivity index (χ2n) is 10.6. The molecule has 0 radical (unpaired) electrons. The van der Waals surface area contributed by atoms with Gasteiger partial charge in [-0.2, -0.15) is 4.31 Å². The molecule has 2 aliphatic heterocycles. The van der Waals surface area contributed by atoms with Crippen molar-refractivity contribution in [3.63, 3.8) is 0 Å². The summed E-state index contributed by atoms with van der Waals surface area (Å²) in [6, 6.07) is 11.4. The molecule has 214 valence electrons. The Morgan fingerprint density at radius 2 is 1.82 bits per heavy atom. The number of fused-ring (bicyclic) bond motifs is 1.